The standard InChI is InChI=1S/C20H22BrN5O3S/c1-14(2)19(25-30(28,29)17-5-3-16(21)4-6-17)20(27)23-18-9-12-26(24-18)13-15-7-10-22-11-8-15/h3-12,14,19,25H,13H2,1-2H3,(H,23,24,27)/t19-/m0/s1. The van der Waals surface area contributed by atoms with Gasteiger partial charge in [-0.3, -0.25) is 14.5 Å². The Morgan fingerprint density at radius 3 is 2.40 bits per heavy atom. The average molecular weight is 492 g/mol. The molecule has 0 aliphatic carbocycles. The van der Waals surface area contributed by atoms with Gasteiger partial charge in [-0.15, -0.1) is 0 Å². The van der Waals surface area contributed by atoms with Crippen LogP contribution in [-0.4, -0.2) is 35.1 Å². The molecule has 2 N–H and O–H groups in total. The predicted molar refractivity (Wildman–Crippen MR) is 117 cm³/mol. The molecule has 8 nitrogen and oxygen atoms in total. The van der Waals surface area contributed by atoms with Gasteiger partial charge in [0.15, 0.2) is 5.82 Å². The highest BCUT2D eigenvalue weighted by Crippen LogP contribution is 2.17. The molecule has 158 valence electrons. The number of benzene rings is 1. The van der Waals surface area contributed by atoms with Crippen molar-refractivity contribution < 1.29 is 13.2 Å². The first-order valence-electron chi connectivity index (χ1n) is 9.26. The fourth-order valence-corrected chi connectivity index (χ4v) is 4.35. The lowest BCUT2D eigenvalue weighted by molar-refractivity contribution is -0.118. The number of carbonyl (C=O) groups is 1. The Kier molecular flexibility index (Phi) is 7.01. The lowest BCUT2D eigenvalue weighted by Crippen LogP contribution is -2.47. The molecule has 0 radical (unpaired) electrons. The number of sulfonamides is 1. The number of hydrogen-bond donors (Lipinski definition) is 2. The fourth-order valence-electron chi connectivity index (χ4n) is 2.74. The summed E-state index contributed by atoms with van der Waals surface area (Å²) < 4.78 is 30.3. The number of amides is 1. The van der Waals surface area contributed by atoms with Crippen molar-refractivity contribution in [2.24, 2.45) is 5.92 Å². The highest BCUT2D eigenvalue weighted by Gasteiger charge is 2.28. The van der Waals surface area contributed by atoms with Crippen molar-refractivity contribution in [2.45, 2.75) is 31.3 Å². The lowest BCUT2D eigenvalue weighted by Gasteiger charge is -2.21. The molecule has 0 saturated carbocycles. The van der Waals surface area contributed by atoms with Gasteiger partial charge in [-0.2, -0.15) is 9.82 Å². The van der Waals surface area contributed by atoms with E-state index in [1.807, 2.05) is 12.1 Å². The van der Waals surface area contributed by atoms with Crippen LogP contribution in [0.15, 0.2) is 70.4 Å². The summed E-state index contributed by atoms with van der Waals surface area (Å²) >= 11 is 3.28. The van der Waals surface area contributed by atoms with Gasteiger partial charge in [0.1, 0.15) is 6.04 Å². The van der Waals surface area contributed by atoms with E-state index in [0.29, 0.717) is 12.4 Å². The molecule has 2 aromatic heterocycles. The van der Waals surface area contributed by atoms with Crippen molar-refractivity contribution in [1.82, 2.24) is 19.5 Å². The number of rotatable bonds is 8. The first-order chi connectivity index (χ1) is 14.2. The van der Waals surface area contributed by atoms with Gasteiger partial charge in [0.2, 0.25) is 15.9 Å². The molecule has 0 saturated heterocycles. The zero-order valence-electron chi connectivity index (χ0n) is 16.5. The van der Waals surface area contributed by atoms with Crippen LogP contribution in [0.25, 0.3) is 0 Å². The summed E-state index contributed by atoms with van der Waals surface area (Å²) in [7, 11) is -3.86. The second-order valence-electron chi connectivity index (χ2n) is 7.04. The Labute approximate surface area is 183 Å². The third-order valence-corrected chi connectivity index (χ3v) is 6.33. The van der Waals surface area contributed by atoms with E-state index in [0.717, 1.165) is 10.0 Å². The molecule has 0 aliphatic rings. The minimum Gasteiger partial charge on any atom is -0.308 e. The Morgan fingerprint density at radius 2 is 1.77 bits per heavy atom. The van der Waals surface area contributed by atoms with Crippen molar-refractivity contribution in [3.8, 4) is 0 Å². The Hall–Kier alpha value is -2.56. The van der Waals surface area contributed by atoms with Crippen molar-refractivity contribution in [3.63, 3.8) is 0 Å². The molecule has 1 amide bonds. The lowest BCUT2D eigenvalue weighted by atomic mass is 10.1. The maximum atomic E-state index is 12.8. The summed E-state index contributed by atoms with van der Waals surface area (Å²) in [6.45, 7) is 4.08. The highest BCUT2D eigenvalue weighted by molar-refractivity contribution is 9.10. The van der Waals surface area contributed by atoms with E-state index in [2.05, 4.69) is 36.1 Å². The molecule has 0 unspecified atom stereocenters. The molecule has 1 atom stereocenters. The van der Waals surface area contributed by atoms with Crippen molar-refractivity contribution in [2.75, 3.05) is 5.32 Å². The zero-order valence-corrected chi connectivity index (χ0v) is 18.9. The van der Waals surface area contributed by atoms with Gasteiger partial charge in [0.25, 0.3) is 0 Å². The molecular weight excluding hydrogens is 470 g/mol. The minimum atomic E-state index is -3.86. The Morgan fingerprint density at radius 1 is 1.10 bits per heavy atom. The molecule has 0 aliphatic heterocycles. The van der Waals surface area contributed by atoms with Crippen LogP contribution >= 0.6 is 15.9 Å². The summed E-state index contributed by atoms with van der Waals surface area (Å²) in [4.78, 5) is 16.8. The normalized spacial score (nSPS) is 12.7. The average Bonchev–Trinajstić information content (AvgIpc) is 3.13. The number of pyridine rings is 1. The Bertz CT molecular complexity index is 1100. The first-order valence-corrected chi connectivity index (χ1v) is 11.5. The highest BCUT2D eigenvalue weighted by atomic mass is 79.9. The summed E-state index contributed by atoms with van der Waals surface area (Å²) in [5, 5.41) is 7.03. The van der Waals surface area contributed by atoms with Crippen molar-refractivity contribution in [1.29, 1.82) is 0 Å². The van der Waals surface area contributed by atoms with Gasteiger partial charge in [-0.1, -0.05) is 29.8 Å². The molecular formula is C20H22BrN5O3S. The van der Waals surface area contributed by atoms with E-state index in [4.69, 9.17) is 0 Å². The number of nitrogens with zero attached hydrogens (tertiary/aromatic N) is 3. The van der Waals surface area contributed by atoms with Crippen LogP contribution in [0.4, 0.5) is 5.82 Å². The summed E-state index contributed by atoms with van der Waals surface area (Å²) in [6.07, 6.45) is 5.14. The van der Waals surface area contributed by atoms with E-state index in [-0.39, 0.29) is 10.8 Å². The van der Waals surface area contributed by atoms with Gasteiger partial charge in [-0.05, 0) is 47.9 Å². The number of aromatic nitrogens is 3. The van der Waals surface area contributed by atoms with E-state index in [1.54, 1.807) is 55.3 Å². The Balaban J connectivity index is 1.69. The monoisotopic (exact) mass is 491 g/mol. The molecule has 10 heteroatoms. The number of carbonyl (C=O) groups excluding carboxylic acids is 1. The number of nitrogens with one attached hydrogen (secondary N) is 2. The molecule has 1 aromatic carbocycles. The largest absolute Gasteiger partial charge is 0.308 e. The van der Waals surface area contributed by atoms with Gasteiger partial charge >= 0.3 is 0 Å². The van der Waals surface area contributed by atoms with Crippen molar-refractivity contribution >= 4 is 37.7 Å². The third-order valence-electron chi connectivity index (χ3n) is 4.34. The van der Waals surface area contributed by atoms with Crippen LogP contribution in [-0.2, 0) is 21.4 Å². The topological polar surface area (TPSA) is 106 Å². The van der Waals surface area contributed by atoms with Gasteiger partial charge in [0.05, 0.1) is 11.4 Å². The molecule has 2 heterocycles. The van der Waals surface area contributed by atoms with Crippen LogP contribution < -0.4 is 10.0 Å². The van der Waals surface area contributed by atoms with E-state index >= 15 is 0 Å². The molecule has 3 rings (SSSR count). The number of anilines is 1. The maximum absolute atomic E-state index is 12.8. The molecule has 0 fully saturated rings. The van der Waals surface area contributed by atoms with E-state index in [1.165, 1.54) is 12.1 Å². The second-order valence-corrected chi connectivity index (χ2v) is 9.67. The van der Waals surface area contributed by atoms with Crippen LogP contribution in [0, 0.1) is 5.92 Å². The zero-order chi connectivity index (χ0) is 21.7. The fraction of sp³-hybridized carbons (Fsp3) is 0.250. The van der Waals surface area contributed by atoms with Crippen LogP contribution in [0.5, 0.6) is 0 Å². The van der Waals surface area contributed by atoms with Gasteiger partial charge in [0, 0.05) is 29.1 Å². The molecule has 0 bridgehead atoms. The van der Waals surface area contributed by atoms with Crippen molar-refractivity contribution in [3.05, 3.63) is 71.1 Å². The predicted octanol–water partition coefficient (Wildman–Crippen LogP) is 3.03. The van der Waals surface area contributed by atoms with Crippen LogP contribution in [0.3, 0.4) is 0 Å². The SMILES string of the molecule is CC(C)[C@H](NS(=O)(=O)c1ccc(Br)cc1)C(=O)Nc1ccn(Cc2ccncc2)n1. The molecule has 30 heavy (non-hydrogen) atoms. The first kappa shape index (κ1) is 22.1. The van der Waals surface area contributed by atoms with E-state index < -0.39 is 22.0 Å². The van der Waals surface area contributed by atoms with Gasteiger partial charge in [-0.25, -0.2) is 8.42 Å². The van der Waals surface area contributed by atoms with Crippen LogP contribution in [0.1, 0.15) is 19.4 Å². The van der Waals surface area contributed by atoms with Gasteiger partial charge < -0.3 is 5.32 Å². The van der Waals surface area contributed by atoms with Crippen LogP contribution in [0.2, 0.25) is 0 Å². The summed E-state index contributed by atoms with van der Waals surface area (Å²) in [6, 6.07) is 10.7. The van der Waals surface area contributed by atoms with E-state index in [9.17, 15) is 13.2 Å². The second kappa shape index (κ2) is 9.50. The number of halogens is 1. The number of hydrogen-bond acceptors (Lipinski definition) is 5. The summed E-state index contributed by atoms with van der Waals surface area (Å²) in [5.74, 6) is -0.392. The smallest absolute Gasteiger partial charge is 0.244 e. The molecule has 0 spiro atoms. The summed E-state index contributed by atoms with van der Waals surface area (Å²) in [5.41, 5.74) is 1.02. The third kappa shape index (κ3) is 5.74. The maximum Gasteiger partial charge on any atom is 0.244 e. The minimum absolute atomic E-state index is 0.0887. The quantitative estimate of drug-likeness (QED) is 0.503. The molecule has 3 aromatic rings.